The van der Waals surface area contributed by atoms with Gasteiger partial charge in [-0.15, -0.1) is 0 Å². The first kappa shape index (κ1) is 26.6. The molecule has 1 amide bonds. The maximum absolute atomic E-state index is 13.2. The van der Waals surface area contributed by atoms with Crippen molar-refractivity contribution in [2.24, 2.45) is 0 Å². The fraction of sp³-hybridized carbons (Fsp3) is 0.267. The van der Waals surface area contributed by atoms with E-state index < -0.39 is 23.7 Å². The van der Waals surface area contributed by atoms with Crippen LogP contribution in [0, 0.1) is 0 Å². The number of esters is 1. The predicted molar refractivity (Wildman–Crippen MR) is 141 cm³/mol. The van der Waals surface area contributed by atoms with Gasteiger partial charge in [-0.25, -0.2) is 4.79 Å². The highest BCUT2D eigenvalue weighted by Gasteiger charge is 2.46. The largest absolute Gasteiger partial charge is 0.507 e. The van der Waals surface area contributed by atoms with Crippen LogP contribution in [0.15, 0.2) is 78.6 Å². The number of aliphatic hydroxyl groups excluding tert-OH is 1. The first-order chi connectivity index (χ1) is 18.3. The molecule has 8 nitrogen and oxygen atoms in total. The zero-order valence-corrected chi connectivity index (χ0v) is 21.6. The van der Waals surface area contributed by atoms with Gasteiger partial charge in [0.15, 0.2) is 0 Å². The second kappa shape index (κ2) is 11.7. The Morgan fingerprint density at radius 2 is 1.71 bits per heavy atom. The van der Waals surface area contributed by atoms with E-state index >= 15 is 0 Å². The molecule has 4 rings (SSSR count). The van der Waals surface area contributed by atoms with Crippen LogP contribution in [0.4, 0.5) is 0 Å². The Bertz CT molecular complexity index is 1330. The van der Waals surface area contributed by atoms with Gasteiger partial charge in [-0.2, -0.15) is 0 Å². The van der Waals surface area contributed by atoms with E-state index in [1.807, 2.05) is 6.92 Å². The average Bonchev–Trinajstić information content (AvgIpc) is 3.17. The zero-order valence-electron chi connectivity index (χ0n) is 21.6. The third-order valence-corrected chi connectivity index (χ3v) is 6.03. The fourth-order valence-corrected chi connectivity index (χ4v) is 4.24. The van der Waals surface area contributed by atoms with Gasteiger partial charge in [0.25, 0.3) is 11.7 Å². The molecule has 1 N–H and O–H groups in total. The number of hydrogen-bond acceptors (Lipinski definition) is 7. The lowest BCUT2D eigenvalue weighted by molar-refractivity contribution is -0.140. The second-order valence-corrected chi connectivity index (χ2v) is 9.24. The highest BCUT2D eigenvalue weighted by molar-refractivity contribution is 6.46. The Hall–Kier alpha value is -4.46. The summed E-state index contributed by atoms with van der Waals surface area (Å²) in [5.41, 5.74) is 2.07. The SMILES string of the molecule is CCCOc1ccc(/C(O)=C2\C(=O)C(=O)N(Cc3ccc(C(=O)OC(C)C)cc3)C2c2cccnc2)cc1. The minimum absolute atomic E-state index is 0.0117. The Kier molecular flexibility index (Phi) is 8.21. The molecule has 0 bridgehead atoms. The number of carbonyl (C=O) groups excluding carboxylic acids is 3. The van der Waals surface area contributed by atoms with Gasteiger partial charge in [-0.3, -0.25) is 14.6 Å². The predicted octanol–water partition coefficient (Wildman–Crippen LogP) is 5.06. The summed E-state index contributed by atoms with van der Waals surface area (Å²) in [5, 5.41) is 11.2. The van der Waals surface area contributed by atoms with Gasteiger partial charge in [0, 0.05) is 24.5 Å². The number of nitrogens with zero attached hydrogens (tertiary/aromatic N) is 2. The van der Waals surface area contributed by atoms with Crippen LogP contribution in [-0.4, -0.2) is 45.4 Å². The number of aliphatic hydroxyl groups is 1. The third kappa shape index (κ3) is 5.75. The van der Waals surface area contributed by atoms with Gasteiger partial charge in [-0.1, -0.05) is 25.1 Å². The molecule has 0 spiro atoms. The summed E-state index contributed by atoms with van der Waals surface area (Å²) < 4.78 is 10.8. The van der Waals surface area contributed by atoms with Gasteiger partial charge in [0.05, 0.1) is 29.9 Å². The number of benzene rings is 2. The Morgan fingerprint density at radius 3 is 2.32 bits per heavy atom. The average molecular weight is 515 g/mol. The number of rotatable bonds is 9. The molecule has 0 radical (unpaired) electrons. The van der Waals surface area contributed by atoms with Gasteiger partial charge in [0.2, 0.25) is 0 Å². The van der Waals surface area contributed by atoms with Crippen LogP contribution in [0.5, 0.6) is 5.75 Å². The molecule has 1 fully saturated rings. The lowest BCUT2D eigenvalue weighted by Crippen LogP contribution is -2.29. The van der Waals surface area contributed by atoms with Crippen molar-refractivity contribution in [3.63, 3.8) is 0 Å². The van der Waals surface area contributed by atoms with Crippen molar-refractivity contribution in [3.8, 4) is 5.75 Å². The molecule has 1 aliphatic heterocycles. The maximum Gasteiger partial charge on any atom is 0.338 e. The number of ether oxygens (including phenoxy) is 2. The molecule has 196 valence electrons. The topological polar surface area (TPSA) is 106 Å². The van der Waals surface area contributed by atoms with E-state index in [0.29, 0.717) is 34.6 Å². The normalized spacial score (nSPS) is 16.6. The minimum atomic E-state index is -0.842. The molecule has 1 atom stereocenters. The first-order valence-electron chi connectivity index (χ1n) is 12.5. The summed E-state index contributed by atoms with van der Waals surface area (Å²) in [5.74, 6) is -1.57. The second-order valence-electron chi connectivity index (χ2n) is 9.24. The summed E-state index contributed by atoms with van der Waals surface area (Å²) in [7, 11) is 0. The number of hydrogen-bond donors (Lipinski definition) is 1. The summed E-state index contributed by atoms with van der Waals surface area (Å²) in [4.78, 5) is 44.2. The number of likely N-dealkylation sites (tertiary alicyclic amines) is 1. The molecule has 0 saturated carbocycles. The molecular formula is C30H30N2O6. The standard InChI is InChI=1S/C30H30N2O6/c1-4-16-37-24-13-11-21(12-14-24)27(33)25-26(23-6-5-15-31-17-23)32(29(35)28(25)34)18-20-7-9-22(10-8-20)30(36)38-19(2)3/h5-15,17,19,26,33H,4,16,18H2,1-3H3/b27-25+. The molecule has 1 aromatic heterocycles. The van der Waals surface area contributed by atoms with Crippen molar-refractivity contribution in [3.05, 3.63) is 101 Å². The molecule has 3 aromatic rings. The number of amides is 1. The fourth-order valence-electron chi connectivity index (χ4n) is 4.24. The number of pyridine rings is 1. The smallest absolute Gasteiger partial charge is 0.338 e. The van der Waals surface area contributed by atoms with E-state index in [9.17, 15) is 19.5 Å². The summed E-state index contributed by atoms with van der Waals surface area (Å²) in [6.07, 6.45) is 3.79. The van der Waals surface area contributed by atoms with E-state index in [-0.39, 0.29) is 24.0 Å². The number of ketones is 1. The number of Topliss-reactive ketones (excluding diaryl/α,β-unsaturated/α-hetero) is 1. The summed E-state index contributed by atoms with van der Waals surface area (Å²) in [6.45, 7) is 6.21. The third-order valence-electron chi connectivity index (χ3n) is 6.03. The number of carbonyl (C=O) groups is 3. The van der Waals surface area contributed by atoms with Crippen LogP contribution in [0.2, 0.25) is 0 Å². The highest BCUT2D eigenvalue weighted by atomic mass is 16.5. The van der Waals surface area contributed by atoms with Crippen LogP contribution in [0.1, 0.15) is 60.3 Å². The van der Waals surface area contributed by atoms with Crippen molar-refractivity contribution in [2.75, 3.05) is 6.61 Å². The van der Waals surface area contributed by atoms with Crippen LogP contribution in [0.25, 0.3) is 5.76 Å². The van der Waals surface area contributed by atoms with Crippen molar-refractivity contribution < 1.29 is 29.0 Å². The Morgan fingerprint density at radius 1 is 1.03 bits per heavy atom. The lowest BCUT2D eigenvalue weighted by Gasteiger charge is -2.25. The van der Waals surface area contributed by atoms with Crippen molar-refractivity contribution in [1.29, 1.82) is 0 Å². The molecule has 1 saturated heterocycles. The molecule has 0 aliphatic carbocycles. The van der Waals surface area contributed by atoms with Crippen LogP contribution in [-0.2, 0) is 20.9 Å². The molecule has 2 heterocycles. The van der Waals surface area contributed by atoms with E-state index in [1.54, 1.807) is 86.9 Å². The van der Waals surface area contributed by atoms with E-state index in [1.165, 1.54) is 4.90 Å². The zero-order chi connectivity index (χ0) is 27.2. The highest BCUT2D eigenvalue weighted by Crippen LogP contribution is 2.40. The van der Waals surface area contributed by atoms with Gasteiger partial charge >= 0.3 is 5.97 Å². The van der Waals surface area contributed by atoms with Gasteiger partial charge in [0.1, 0.15) is 11.5 Å². The van der Waals surface area contributed by atoms with Crippen molar-refractivity contribution in [2.45, 2.75) is 45.9 Å². The van der Waals surface area contributed by atoms with E-state index in [2.05, 4.69) is 4.98 Å². The molecule has 1 unspecified atom stereocenters. The van der Waals surface area contributed by atoms with Crippen molar-refractivity contribution >= 4 is 23.4 Å². The Labute approximate surface area is 221 Å². The van der Waals surface area contributed by atoms with E-state index in [0.717, 1.165) is 6.42 Å². The first-order valence-corrected chi connectivity index (χ1v) is 12.5. The maximum atomic E-state index is 13.2. The van der Waals surface area contributed by atoms with Crippen LogP contribution >= 0.6 is 0 Å². The quantitative estimate of drug-likeness (QED) is 0.184. The molecule has 8 heteroatoms. The summed E-state index contributed by atoms with van der Waals surface area (Å²) >= 11 is 0. The van der Waals surface area contributed by atoms with Gasteiger partial charge in [-0.05, 0) is 73.9 Å². The molecule has 2 aromatic carbocycles. The summed E-state index contributed by atoms with van der Waals surface area (Å²) in [6, 6.07) is 16.0. The van der Waals surface area contributed by atoms with Crippen molar-refractivity contribution in [1.82, 2.24) is 9.88 Å². The molecular weight excluding hydrogens is 484 g/mol. The van der Waals surface area contributed by atoms with E-state index in [4.69, 9.17) is 9.47 Å². The van der Waals surface area contributed by atoms with Crippen LogP contribution in [0.3, 0.4) is 0 Å². The minimum Gasteiger partial charge on any atom is -0.507 e. The monoisotopic (exact) mass is 514 g/mol. The Balaban J connectivity index is 1.68. The molecule has 1 aliphatic rings. The molecule has 38 heavy (non-hydrogen) atoms. The lowest BCUT2D eigenvalue weighted by atomic mass is 9.96. The number of aromatic nitrogens is 1. The van der Waals surface area contributed by atoms with Gasteiger partial charge < -0.3 is 19.5 Å². The van der Waals surface area contributed by atoms with Crippen LogP contribution < -0.4 is 4.74 Å².